The molecule has 1 aliphatic rings. The highest BCUT2D eigenvalue weighted by Gasteiger charge is 2.51. The van der Waals surface area contributed by atoms with E-state index in [1.807, 2.05) is 13.8 Å². The minimum absolute atomic E-state index is 0.133. The summed E-state index contributed by atoms with van der Waals surface area (Å²) >= 11 is 0. The summed E-state index contributed by atoms with van der Waals surface area (Å²) in [6.45, 7) is 9.19. The molecule has 1 heterocycles. The number of carbonyl (C=O) groups is 2. The Balaban J connectivity index is 2.62. The molecule has 0 saturated carbocycles. The number of rotatable bonds is 6. The summed E-state index contributed by atoms with van der Waals surface area (Å²) in [7, 11) is 2.98. The lowest BCUT2D eigenvalue weighted by Gasteiger charge is -2.32. The van der Waals surface area contributed by atoms with Crippen molar-refractivity contribution in [1.29, 1.82) is 0 Å². The predicted molar refractivity (Wildman–Crippen MR) is 106 cm³/mol. The fourth-order valence-electron chi connectivity index (χ4n) is 3.43. The van der Waals surface area contributed by atoms with Gasteiger partial charge in [-0.1, -0.05) is 19.9 Å². The number of nitrogens with zero attached hydrogens (tertiary/aromatic N) is 1. The Morgan fingerprint density at radius 2 is 1.72 bits per heavy atom. The quantitative estimate of drug-likeness (QED) is 0.763. The van der Waals surface area contributed by atoms with Crippen molar-refractivity contribution in [1.82, 2.24) is 4.90 Å². The number of carboxylic acids is 1. The molecule has 1 aromatic rings. The molecule has 162 valence electrons. The molecule has 0 bridgehead atoms. The van der Waals surface area contributed by atoms with E-state index in [0.29, 0.717) is 23.5 Å². The third kappa shape index (κ3) is 5.12. The van der Waals surface area contributed by atoms with E-state index in [0.717, 1.165) is 0 Å². The van der Waals surface area contributed by atoms with Crippen LogP contribution in [0.1, 0.15) is 52.8 Å². The zero-order valence-electron chi connectivity index (χ0n) is 18.1. The topological polar surface area (TPSA) is 94.5 Å². The van der Waals surface area contributed by atoms with Gasteiger partial charge in [0.1, 0.15) is 17.1 Å². The summed E-state index contributed by atoms with van der Waals surface area (Å²) in [5, 5.41) is 9.78. The zero-order valence-corrected chi connectivity index (χ0v) is 18.1. The van der Waals surface area contributed by atoms with Crippen molar-refractivity contribution in [3.8, 4) is 11.5 Å². The molecular formula is C21H31NO7. The minimum atomic E-state index is -1.20. The zero-order chi connectivity index (χ0) is 21.9. The summed E-state index contributed by atoms with van der Waals surface area (Å²) in [5.74, 6) is -0.149. The van der Waals surface area contributed by atoms with E-state index < -0.39 is 36.0 Å². The molecule has 0 aliphatic carbocycles. The van der Waals surface area contributed by atoms with Gasteiger partial charge >= 0.3 is 12.1 Å². The Morgan fingerprint density at radius 3 is 2.14 bits per heavy atom. The van der Waals surface area contributed by atoms with Crippen LogP contribution in [0.4, 0.5) is 4.79 Å². The van der Waals surface area contributed by atoms with Gasteiger partial charge in [-0.3, -0.25) is 4.90 Å². The molecule has 0 radical (unpaired) electrons. The summed E-state index contributed by atoms with van der Waals surface area (Å²) in [4.78, 5) is 26.5. The van der Waals surface area contributed by atoms with Crippen molar-refractivity contribution in [3.05, 3.63) is 23.8 Å². The van der Waals surface area contributed by atoms with Crippen molar-refractivity contribution in [2.75, 3.05) is 14.2 Å². The van der Waals surface area contributed by atoms with Crippen LogP contribution >= 0.6 is 0 Å². The average Bonchev–Trinajstić information content (AvgIpc) is 2.97. The maximum absolute atomic E-state index is 13.2. The Morgan fingerprint density at radius 1 is 1.17 bits per heavy atom. The Kier molecular flexibility index (Phi) is 7.00. The van der Waals surface area contributed by atoms with Crippen LogP contribution in [0.3, 0.4) is 0 Å². The normalized spacial score (nSPS) is 21.9. The SMILES string of the molecule is COc1cccc(OC)c1C1O[C@@H](C(=O)O)C(CC(C)C)N1C(=O)OC(C)(C)C. The van der Waals surface area contributed by atoms with Crippen LogP contribution in [0.25, 0.3) is 0 Å². The maximum atomic E-state index is 13.2. The lowest BCUT2D eigenvalue weighted by Crippen LogP contribution is -2.45. The van der Waals surface area contributed by atoms with Gasteiger partial charge in [0.15, 0.2) is 12.3 Å². The fourth-order valence-corrected chi connectivity index (χ4v) is 3.43. The number of hydrogen-bond donors (Lipinski definition) is 1. The molecule has 2 unspecified atom stereocenters. The van der Waals surface area contributed by atoms with E-state index in [2.05, 4.69) is 0 Å². The van der Waals surface area contributed by atoms with Gasteiger partial charge in [0.25, 0.3) is 0 Å². The number of aliphatic carboxylic acids is 1. The molecule has 8 heteroatoms. The van der Waals surface area contributed by atoms with Gasteiger partial charge in [0, 0.05) is 0 Å². The Bertz CT molecular complexity index is 719. The van der Waals surface area contributed by atoms with E-state index in [9.17, 15) is 14.7 Å². The molecule has 1 N–H and O–H groups in total. The first-order chi connectivity index (χ1) is 13.5. The summed E-state index contributed by atoms with van der Waals surface area (Å²) < 4.78 is 22.4. The van der Waals surface area contributed by atoms with Crippen LogP contribution < -0.4 is 9.47 Å². The van der Waals surface area contributed by atoms with Crippen molar-refractivity contribution in [3.63, 3.8) is 0 Å². The first-order valence-corrected chi connectivity index (χ1v) is 9.60. The monoisotopic (exact) mass is 409 g/mol. The van der Waals surface area contributed by atoms with Crippen molar-refractivity contribution in [2.45, 2.75) is 65.0 Å². The van der Waals surface area contributed by atoms with Crippen molar-refractivity contribution < 1.29 is 33.6 Å². The van der Waals surface area contributed by atoms with Crippen molar-refractivity contribution >= 4 is 12.1 Å². The Labute approximate surface area is 171 Å². The second-order valence-electron chi connectivity index (χ2n) is 8.41. The highest BCUT2D eigenvalue weighted by Crippen LogP contribution is 2.45. The summed E-state index contributed by atoms with van der Waals surface area (Å²) in [6.07, 6.45) is -2.44. The molecule has 2 rings (SSSR count). The van der Waals surface area contributed by atoms with E-state index in [4.69, 9.17) is 18.9 Å². The molecule has 1 aromatic carbocycles. The van der Waals surface area contributed by atoms with Crippen LogP contribution in [0, 0.1) is 5.92 Å². The number of benzene rings is 1. The standard InChI is InChI=1S/C21H31NO7/c1-12(2)11-13-17(19(23)24)28-18(22(13)20(25)29-21(3,4)5)16-14(26-6)9-8-10-15(16)27-7/h8-10,12-13,17-18H,11H2,1-7H3,(H,23,24)/t13?,17-,18?/m1/s1. The van der Waals surface area contributed by atoms with E-state index in [-0.39, 0.29) is 5.92 Å². The van der Waals surface area contributed by atoms with Gasteiger partial charge < -0.3 is 24.1 Å². The largest absolute Gasteiger partial charge is 0.496 e. The van der Waals surface area contributed by atoms with Gasteiger partial charge in [-0.2, -0.15) is 0 Å². The third-order valence-electron chi connectivity index (χ3n) is 4.51. The molecule has 0 spiro atoms. The number of amides is 1. The molecule has 0 aromatic heterocycles. The van der Waals surface area contributed by atoms with E-state index in [1.54, 1.807) is 39.0 Å². The molecule has 1 amide bonds. The number of hydrogen-bond acceptors (Lipinski definition) is 6. The first kappa shape index (κ1) is 22.8. The van der Waals surface area contributed by atoms with Gasteiger partial charge in [-0.25, -0.2) is 9.59 Å². The van der Waals surface area contributed by atoms with Crippen LogP contribution in [0.15, 0.2) is 18.2 Å². The molecule has 3 atom stereocenters. The second-order valence-corrected chi connectivity index (χ2v) is 8.41. The van der Waals surface area contributed by atoms with Gasteiger partial charge in [0.2, 0.25) is 0 Å². The molecule has 8 nitrogen and oxygen atoms in total. The smallest absolute Gasteiger partial charge is 0.413 e. The highest BCUT2D eigenvalue weighted by atomic mass is 16.6. The number of carbonyl (C=O) groups excluding carboxylic acids is 1. The summed E-state index contributed by atoms with van der Waals surface area (Å²) in [5.41, 5.74) is -0.309. The number of ether oxygens (including phenoxy) is 4. The average molecular weight is 409 g/mol. The van der Waals surface area contributed by atoms with Gasteiger partial charge in [-0.05, 0) is 45.2 Å². The van der Waals surface area contributed by atoms with Crippen LogP contribution in [0.5, 0.6) is 11.5 Å². The molecule has 1 fully saturated rings. The minimum Gasteiger partial charge on any atom is -0.496 e. The van der Waals surface area contributed by atoms with Crippen LogP contribution in [-0.4, -0.2) is 54.0 Å². The van der Waals surface area contributed by atoms with Crippen LogP contribution in [-0.2, 0) is 14.3 Å². The highest BCUT2D eigenvalue weighted by molar-refractivity contribution is 5.77. The lowest BCUT2D eigenvalue weighted by atomic mass is 9.98. The van der Waals surface area contributed by atoms with Gasteiger partial charge in [0.05, 0.1) is 25.8 Å². The number of carboxylic acid groups (broad SMARTS) is 1. The second kappa shape index (κ2) is 8.90. The predicted octanol–water partition coefficient (Wildman–Crippen LogP) is 3.84. The van der Waals surface area contributed by atoms with Crippen LogP contribution in [0.2, 0.25) is 0 Å². The van der Waals surface area contributed by atoms with E-state index >= 15 is 0 Å². The summed E-state index contributed by atoms with van der Waals surface area (Å²) in [6, 6.07) is 4.45. The van der Waals surface area contributed by atoms with E-state index in [1.165, 1.54) is 19.1 Å². The Hall–Kier alpha value is -2.48. The first-order valence-electron chi connectivity index (χ1n) is 9.60. The van der Waals surface area contributed by atoms with Crippen molar-refractivity contribution in [2.24, 2.45) is 5.92 Å². The van der Waals surface area contributed by atoms with Gasteiger partial charge in [-0.15, -0.1) is 0 Å². The lowest BCUT2D eigenvalue weighted by molar-refractivity contribution is -0.150. The molecular weight excluding hydrogens is 378 g/mol. The maximum Gasteiger partial charge on any atom is 0.413 e. The third-order valence-corrected chi connectivity index (χ3v) is 4.51. The fraction of sp³-hybridized carbons (Fsp3) is 0.619. The molecule has 29 heavy (non-hydrogen) atoms. The number of methoxy groups -OCH3 is 2. The molecule has 1 aliphatic heterocycles. The molecule has 1 saturated heterocycles.